The lowest BCUT2D eigenvalue weighted by Crippen LogP contribution is -2.43. The summed E-state index contributed by atoms with van der Waals surface area (Å²) in [5.74, 6) is 0.961. The maximum Gasteiger partial charge on any atom is 0.321 e. The number of H-pyrrole nitrogens is 1. The Bertz CT molecular complexity index is 784. The number of anilines is 1. The smallest absolute Gasteiger partial charge is 0.321 e. The van der Waals surface area contributed by atoms with Gasteiger partial charge in [-0.3, -0.25) is 0 Å². The number of hydrogen-bond acceptors (Lipinski definition) is 4. The standard InChI is InChI=1S/C20H29N5O2/c1-2-19-22-17-7-6-15(12-18(17)23-19)21-20(26)25-10-5-11-27-16(14-25)13-24-8-3-4-9-24/h6-7,12,16H,2-5,8-11,13-14H2,1H3,(H,21,26)(H,22,23)/t16-/m0/s1. The molecule has 1 atom stereocenters. The Morgan fingerprint density at radius 2 is 2.15 bits per heavy atom. The highest BCUT2D eigenvalue weighted by molar-refractivity contribution is 5.92. The van der Waals surface area contributed by atoms with E-state index in [4.69, 9.17) is 4.74 Å². The molecule has 0 spiro atoms. The van der Waals surface area contributed by atoms with Crippen LogP contribution < -0.4 is 5.32 Å². The predicted molar refractivity (Wildman–Crippen MR) is 106 cm³/mol. The SMILES string of the molecule is CCc1nc2ccc(NC(=O)N3CCCO[C@@H](CN4CCCC4)C3)cc2[nH]1. The Balaban J connectivity index is 1.39. The molecule has 2 aromatic rings. The summed E-state index contributed by atoms with van der Waals surface area (Å²) < 4.78 is 5.99. The number of rotatable bonds is 4. The molecule has 2 aliphatic heterocycles. The minimum Gasteiger partial charge on any atom is -0.375 e. The Kier molecular flexibility index (Phi) is 5.59. The first-order valence-corrected chi connectivity index (χ1v) is 10.1. The lowest BCUT2D eigenvalue weighted by molar-refractivity contribution is 0.0355. The molecule has 7 heteroatoms. The largest absolute Gasteiger partial charge is 0.375 e. The van der Waals surface area contributed by atoms with Crippen LogP contribution in [0.1, 0.15) is 32.0 Å². The van der Waals surface area contributed by atoms with E-state index in [2.05, 4.69) is 27.1 Å². The molecule has 27 heavy (non-hydrogen) atoms. The van der Waals surface area contributed by atoms with Crippen molar-refractivity contribution >= 4 is 22.8 Å². The number of hydrogen-bond donors (Lipinski definition) is 2. The van der Waals surface area contributed by atoms with Crippen molar-refractivity contribution in [2.75, 3.05) is 44.6 Å². The van der Waals surface area contributed by atoms with E-state index in [1.54, 1.807) is 0 Å². The third-order valence-electron chi connectivity index (χ3n) is 5.41. The van der Waals surface area contributed by atoms with E-state index in [0.29, 0.717) is 6.54 Å². The molecule has 2 N–H and O–H groups in total. The molecule has 0 saturated carbocycles. The normalized spacial score (nSPS) is 21.5. The average molecular weight is 371 g/mol. The van der Waals surface area contributed by atoms with Crippen molar-refractivity contribution in [2.24, 2.45) is 0 Å². The molecule has 4 rings (SSSR count). The van der Waals surface area contributed by atoms with Gasteiger partial charge in [-0.15, -0.1) is 0 Å². The van der Waals surface area contributed by atoms with E-state index in [0.717, 1.165) is 68.2 Å². The molecule has 146 valence electrons. The predicted octanol–water partition coefficient (Wildman–Crippen LogP) is 2.84. The second-order valence-electron chi connectivity index (χ2n) is 7.50. The molecule has 0 aliphatic carbocycles. The maximum atomic E-state index is 12.8. The highest BCUT2D eigenvalue weighted by Crippen LogP contribution is 2.19. The maximum absolute atomic E-state index is 12.8. The minimum absolute atomic E-state index is 0.0542. The van der Waals surface area contributed by atoms with Crippen LogP contribution in [-0.4, -0.2) is 71.2 Å². The molecule has 7 nitrogen and oxygen atoms in total. The fourth-order valence-electron chi connectivity index (χ4n) is 3.95. The van der Waals surface area contributed by atoms with Crippen LogP contribution >= 0.6 is 0 Å². The molecule has 0 radical (unpaired) electrons. The summed E-state index contributed by atoms with van der Waals surface area (Å²) >= 11 is 0. The Hall–Kier alpha value is -2.12. The topological polar surface area (TPSA) is 73.5 Å². The Morgan fingerprint density at radius 3 is 2.96 bits per heavy atom. The van der Waals surface area contributed by atoms with Gasteiger partial charge >= 0.3 is 6.03 Å². The number of aromatic nitrogens is 2. The summed E-state index contributed by atoms with van der Waals surface area (Å²) in [5.41, 5.74) is 2.68. The number of imidazole rings is 1. The third-order valence-corrected chi connectivity index (χ3v) is 5.41. The van der Waals surface area contributed by atoms with Crippen molar-refractivity contribution in [2.45, 2.75) is 38.7 Å². The van der Waals surface area contributed by atoms with Crippen molar-refractivity contribution in [3.8, 4) is 0 Å². The third kappa shape index (κ3) is 4.42. The van der Waals surface area contributed by atoms with Gasteiger partial charge in [0, 0.05) is 38.3 Å². The molecular weight excluding hydrogens is 342 g/mol. The van der Waals surface area contributed by atoms with Crippen molar-refractivity contribution in [3.05, 3.63) is 24.0 Å². The van der Waals surface area contributed by atoms with Crippen LogP contribution in [0.3, 0.4) is 0 Å². The number of benzene rings is 1. The molecule has 1 aromatic heterocycles. The molecule has 3 heterocycles. The van der Waals surface area contributed by atoms with Gasteiger partial charge in [-0.1, -0.05) is 6.92 Å². The molecule has 0 unspecified atom stereocenters. The van der Waals surface area contributed by atoms with Gasteiger partial charge in [0.15, 0.2) is 0 Å². The molecule has 0 bridgehead atoms. The zero-order chi connectivity index (χ0) is 18.6. The number of fused-ring (bicyclic) bond motifs is 1. The summed E-state index contributed by atoms with van der Waals surface area (Å²) in [6, 6.07) is 5.76. The zero-order valence-electron chi connectivity index (χ0n) is 16.0. The number of nitrogens with zero attached hydrogens (tertiary/aromatic N) is 3. The fourth-order valence-corrected chi connectivity index (χ4v) is 3.95. The van der Waals surface area contributed by atoms with Crippen LogP contribution in [0.2, 0.25) is 0 Å². The molecule has 2 saturated heterocycles. The first kappa shape index (κ1) is 18.3. The van der Waals surface area contributed by atoms with Crippen LogP contribution in [0.15, 0.2) is 18.2 Å². The van der Waals surface area contributed by atoms with Gasteiger partial charge in [0.1, 0.15) is 5.82 Å². The van der Waals surface area contributed by atoms with Crippen molar-refractivity contribution < 1.29 is 9.53 Å². The summed E-state index contributed by atoms with van der Waals surface area (Å²) in [7, 11) is 0. The van der Waals surface area contributed by atoms with E-state index < -0.39 is 0 Å². The van der Waals surface area contributed by atoms with E-state index >= 15 is 0 Å². The second kappa shape index (κ2) is 8.27. The van der Waals surface area contributed by atoms with Crippen LogP contribution in [0.5, 0.6) is 0 Å². The quantitative estimate of drug-likeness (QED) is 0.867. The molecule has 2 aliphatic rings. The number of likely N-dealkylation sites (tertiary alicyclic amines) is 1. The Morgan fingerprint density at radius 1 is 1.30 bits per heavy atom. The highest BCUT2D eigenvalue weighted by Gasteiger charge is 2.25. The van der Waals surface area contributed by atoms with Gasteiger partial charge < -0.3 is 24.8 Å². The van der Waals surface area contributed by atoms with Gasteiger partial charge in [0.05, 0.1) is 17.1 Å². The number of urea groups is 1. The Labute approximate surface area is 160 Å². The number of nitrogens with one attached hydrogen (secondary N) is 2. The first-order valence-electron chi connectivity index (χ1n) is 10.1. The number of ether oxygens (including phenoxy) is 1. The van der Waals surface area contributed by atoms with E-state index in [-0.39, 0.29) is 12.1 Å². The molecule has 2 amide bonds. The lowest BCUT2D eigenvalue weighted by Gasteiger charge is -2.27. The second-order valence-corrected chi connectivity index (χ2v) is 7.50. The fraction of sp³-hybridized carbons (Fsp3) is 0.600. The van der Waals surface area contributed by atoms with Gasteiger partial charge in [0.25, 0.3) is 0 Å². The lowest BCUT2D eigenvalue weighted by atomic mass is 10.2. The minimum atomic E-state index is -0.0542. The first-order chi connectivity index (χ1) is 13.2. The summed E-state index contributed by atoms with van der Waals surface area (Å²) in [6.45, 7) is 7.39. The molecule has 2 fully saturated rings. The number of carbonyl (C=O) groups is 1. The number of aryl methyl sites for hydroxylation is 1. The number of carbonyl (C=O) groups excluding carboxylic acids is 1. The summed E-state index contributed by atoms with van der Waals surface area (Å²) in [4.78, 5) is 25.0. The van der Waals surface area contributed by atoms with Crippen LogP contribution in [-0.2, 0) is 11.2 Å². The molecular formula is C20H29N5O2. The van der Waals surface area contributed by atoms with Gasteiger partial charge in [0.2, 0.25) is 0 Å². The number of aromatic amines is 1. The van der Waals surface area contributed by atoms with Gasteiger partial charge in [-0.25, -0.2) is 9.78 Å². The van der Waals surface area contributed by atoms with Crippen molar-refractivity contribution in [1.82, 2.24) is 19.8 Å². The van der Waals surface area contributed by atoms with E-state index in [1.165, 1.54) is 12.8 Å². The van der Waals surface area contributed by atoms with Crippen LogP contribution in [0.4, 0.5) is 10.5 Å². The van der Waals surface area contributed by atoms with Crippen molar-refractivity contribution in [3.63, 3.8) is 0 Å². The monoisotopic (exact) mass is 371 g/mol. The summed E-state index contributed by atoms with van der Waals surface area (Å²) in [6.07, 6.45) is 4.38. The highest BCUT2D eigenvalue weighted by atomic mass is 16.5. The summed E-state index contributed by atoms with van der Waals surface area (Å²) in [5, 5.41) is 3.04. The number of amides is 2. The average Bonchev–Trinajstić information content (AvgIpc) is 3.26. The van der Waals surface area contributed by atoms with Gasteiger partial charge in [-0.2, -0.15) is 0 Å². The van der Waals surface area contributed by atoms with E-state index in [1.807, 2.05) is 23.1 Å². The van der Waals surface area contributed by atoms with Gasteiger partial charge in [-0.05, 0) is 50.6 Å². The molecule has 1 aromatic carbocycles. The van der Waals surface area contributed by atoms with Crippen LogP contribution in [0, 0.1) is 0 Å². The van der Waals surface area contributed by atoms with E-state index in [9.17, 15) is 4.79 Å². The zero-order valence-corrected chi connectivity index (χ0v) is 16.0. The van der Waals surface area contributed by atoms with Crippen molar-refractivity contribution in [1.29, 1.82) is 0 Å². The van der Waals surface area contributed by atoms with Crippen LogP contribution in [0.25, 0.3) is 11.0 Å².